The quantitative estimate of drug-likeness (QED) is 0.271. The van der Waals surface area contributed by atoms with Crippen molar-refractivity contribution in [2.45, 2.75) is 96.8 Å². The number of allylic oxidation sites excluding steroid dienone is 4. The minimum atomic E-state index is -0.148. The lowest BCUT2D eigenvalue weighted by Crippen LogP contribution is -2.33. The highest BCUT2D eigenvalue weighted by atomic mass is 16.1. The summed E-state index contributed by atoms with van der Waals surface area (Å²) < 4.78 is 0. The van der Waals surface area contributed by atoms with E-state index < -0.39 is 0 Å². The van der Waals surface area contributed by atoms with Crippen LogP contribution in [-0.4, -0.2) is 11.6 Å². The van der Waals surface area contributed by atoms with Crippen molar-refractivity contribution in [2.75, 3.05) is 0 Å². The van der Waals surface area contributed by atoms with E-state index in [1.54, 1.807) is 5.57 Å². The number of fused-ring (bicyclic) bond motifs is 1. The van der Waals surface area contributed by atoms with Gasteiger partial charge in [0.2, 0.25) is 0 Å². The van der Waals surface area contributed by atoms with E-state index in [1.807, 2.05) is 30.3 Å². The van der Waals surface area contributed by atoms with Gasteiger partial charge in [0, 0.05) is 29.2 Å². The van der Waals surface area contributed by atoms with Crippen LogP contribution in [0, 0.1) is 10.8 Å². The first-order valence-corrected chi connectivity index (χ1v) is 12.6. The fourth-order valence-corrected chi connectivity index (χ4v) is 6.52. The molecule has 1 fully saturated rings. The fraction of sp³-hybridized carbons (Fsp3) is 0.586. The van der Waals surface area contributed by atoms with Gasteiger partial charge < -0.3 is 0 Å². The van der Waals surface area contributed by atoms with Crippen LogP contribution in [-0.2, 0) is 4.79 Å². The van der Waals surface area contributed by atoms with Crippen LogP contribution in [0.4, 0.5) is 0 Å². The highest BCUT2D eigenvalue weighted by Gasteiger charge is 2.58. The predicted molar refractivity (Wildman–Crippen MR) is 127 cm³/mol. The number of Topliss-reactive ketones (excluding diaryl/α,β-unsaturated/α-hetero) is 2. The molecule has 0 radical (unpaired) electrons. The molecule has 0 amide bonds. The molecule has 4 rings (SSSR count). The zero-order chi connectivity index (χ0) is 21.7. The summed E-state index contributed by atoms with van der Waals surface area (Å²) in [6.45, 7) is 2.26. The van der Waals surface area contributed by atoms with E-state index in [0.29, 0.717) is 12.2 Å². The standard InChI is InChI=1S/C29H38O2/c1-2-3-4-6-15-24-20-29(19-12-10-17-26(30)23-13-7-5-8-14-23)22-28(21-27(29)31)18-11-9-16-25(24)28/h5,7-9,13-14,16H,2-4,6,10-12,15,17-22H2,1H3/t28-,29-/m1/s1. The van der Waals surface area contributed by atoms with E-state index in [0.717, 1.165) is 56.9 Å². The highest BCUT2D eigenvalue weighted by molar-refractivity contribution is 5.96. The summed E-state index contributed by atoms with van der Waals surface area (Å²) in [7, 11) is 0. The van der Waals surface area contributed by atoms with Crippen molar-refractivity contribution < 1.29 is 9.59 Å². The zero-order valence-electron chi connectivity index (χ0n) is 19.3. The average Bonchev–Trinajstić information content (AvgIpc) is 3.00. The van der Waals surface area contributed by atoms with Crippen molar-refractivity contribution in [3.8, 4) is 0 Å². The Morgan fingerprint density at radius 3 is 2.65 bits per heavy atom. The molecule has 3 aliphatic rings. The number of ketones is 2. The Hall–Kier alpha value is -1.96. The highest BCUT2D eigenvalue weighted by Crippen LogP contribution is 2.64. The lowest BCUT2D eigenvalue weighted by molar-refractivity contribution is -0.126. The van der Waals surface area contributed by atoms with Gasteiger partial charge in [0.05, 0.1) is 0 Å². The molecular formula is C29H38O2. The molecule has 1 spiro atoms. The summed E-state index contributed by atoms with van der Waals surface area (Å²) in [5, 5.41) is 0. The molecule has 31 heavy (non-hydrogen) atoms. The minimum Gasteiger partial charge on any atom is -0.299 e. The van der Waals surface area contributed by atoms with Gasteiger partial charge in [0.25, 0.3) is 0 Å². The van der Waals surface area contributed by atoms with Gasteiger partial charge in [-0.2, -0.15) is 0 Å². The predicted octanol–water partition coefficient (Wildman–Crippen LogP) is 7.79. The Balaban J connectivity index is 1.41. The monoisotopic (exact) mass is 418 g/mol. The van der Waals surface area contributed by atoms with Crippen molar-refractivity contribution in [3.05, 3.63) is 59.2 Å². The van der Waals surface area contributed by atoms with Crippen LogP contribution in [0.3, 0.4) is 0 Å². The van der Waals surface area contributed by atoms with Gasteiger partial charge in [-0.25, -0.2) is 0 Å². The number of unbranched alkanes of at least 4 members (excludes halogenated alkanes) is 4. The molecule has 0 N–H and O–H groups in total. The molecule has 0 aliphatic heterocycles. The van der Waals surface area contributed by atoms with E-state index in [4.69, 9.17) is 0 Å². The van der Waals surface area contributed by atoms with Gasteiger partial charge in [-0.15, -0.1) is 0 Å². The molecule has 1 aromatic carbocycles. The second-order valence-electron chi connectivity index (χ2n) is 10.3. The Morgan fingerprint density at radius 2 is 1.84 bits per heavy atom. The molecule has 0 aromatic heterocycles. The molecule has 2 bridgehead atoms. The molecule has 2 atom stereocenters. The third-order valence-electron chi connectivity index (χ3n) is 8.08. The summed E-state index contributed by atoms with van der Waals surface area (Å²) in [5.74, 6) is 0.741. The summed E-state index contributed by atoms with van der Waals surface area (Å²) in [6.07, 6.45) is 19.5. The smallest absolute Gasteiger partial charge is 0.162 e. The van der Waals surface area contributed by atoms with Crippen LogP contribution in [0.1, 0.15) is 107 Å². The van der Waals surface area contributed by atoms with Crippen molar-refractivity contribution >= 4 is 11.6 Å². The van der Waals surface area contributed by atoms with E-state index in [-0.39, 0.29) is 16.6 Å². The van der Waals surface area contributed by atoms with Crippen molar-refractivity contribution in [2.24, 2.45) is 10.8 Å². The topological polar surface area (TPSA) is 34.1 Å². The number of benzene rings is 1. The number of rotatable bonds is 11. The van der Waals surface area contributed by atoms with Gasteiger partial charge >= 0.3 is 0 Å². The average molecular weight is 419 g/mol. The van der Waals surface area contributed by atoms with E-state index in [1.165, 1.54) is 37.7 Å². The van der Waals surface area contributed by atoms with Crippen LogP contribution in [0.2, 0.25) is 0 Å². The van der Waals surface area contributed by atoms with Gasteiger partial charge in [0.15, 0.2) is 5.78 Å². The lowest BCUT2D eigenvalue weighted by Gasteiger charge is -2.43. The van der Waals surface area contributed by atoms with Crippen LogP contribution in [0.25, 0.3) is 0 Å². The Bertz CT molecular complexity index is 862. The minimum absolute atomic E-state index is 0.129. The molecule has 2 heteroatoms. The Labute approximate surface area is 188 Å². The fourth-order valence-electron chi connectivity index (χ4n) is 6.52. The second-order valence-corrected chi connectivity index (χ2v) is 10.3. The van der Waals surface area contributed by atoms with Crippen molar-refractivity contribution in [3.63, 3.8) is 0 Å². The normalized spacial score (nSPS) is 26.9. The molecule has 1 aromatic rings. The van der Waals surface area contributed by atoms with Crippen LogP contribution in [0.15, 0.2) is 53.6 Å². The molecule has 0 heterocycles. The molecule has 1 saturated carbocycles. The van der Waals surface area contributed by atoms with Crippen molar-refractivity contribution in [1.82, 2.24) is 0 Å². The first kappa shape index (κ1) is 22.2. The maximum Gasteiger partial charge on any atom is 0.162 e. The largest absolute Gasteiger partial charge is 0.299 e. The third-order valence-corrected chi connectivity index (χ3v) is 8.08. The number of hydrogen-bond donors (Lipinski definition) is 0. The molecule has 0 saturated heterocycles. The number of hydrogen-bond acceptors (Lipinski definition) is 2. The Morgan fingerprint density at radius 1 is 1.00 bits per heavy atom. The van der Waals surface area contributed by atoms with Crippen LogP contribution in [0.5, 0.6) is 0 Å². The third kappa shape index (κ3) is 4.64. The zero-order valence-corrected chi connectivity index (χ0v) is 19.3. The summed E-state index contributed by atoms with van der Waals surface area (Å²) >= 11 is 0. The molecule has 0 unspecified atom stereocenters. The molecular weight excluding hydrogens is 380 g/mol. The maximum atomic E-state index is 13.4. The van der Waals surface area contributed by atoms with E-state index in [2.05, 4.69) is 19.1 Å². The van der Waals surface area contributed by atoms with Crippen molar-refractivity contribution in [1.29, 1.82) is 0 Å². The summed E-state index contributed by atoms with van der Waals surface area (Å²) in [5.41, 5.74) is 3.92. The van der Waals surface area contributed by atoms with Gasteiger partial charge in [-0.1, -0.05) is 80.7 Å². The molecule has 3 aliphatic carbocycles. The Kier molecular flexibility index (Phi) is 6.94. The SMILES string of the molecule is CCCCCCC1=C2C=CCC[C@]23CC(=O)[C@](CCCCC(=O)c2ccccc2)(C1)C3. The van der Waals surface area contributed by atoms with Gasteiger partial charge in [-0.05, 0) is 56.9 Å². The number of carbonyl (C=O) groups is 2. The van der Waals surface area contributed by atoms with E-state index in [9.17, 15) is 9.59 Å². The van der Waals surface area contributed by atoms with Gasteiger partial charge in [-0.3, -0.25) is 9.59 Å². The first-order valence-electron chi connectivity index (χ1n) is 12.6. The first-order chi connectivity index (χ1) is 15.1. The molecule has 2 nitrogen and oxygen atoms in total. The van der Waals surface area contributed by atoms with E-state index >= 15 is 0 Å². The molecule has 166 valence electrons. The van der Waals surface area contributed by atoms with Crippen LogP contribution < -0.4 is 0 Å². The summed E-state index contributed by atoms with van der Waals surface area (Å²) in [6, 6.07) is 9.60. The van der Waals surface area contributed by atoms with Crippen LogP contribution >= 0.6 is 0 Å². The lowest BCUT2D eigenvalue weighted by atomic mass is 9.61. The second kappa shape index (κ2) is 9.67. The summed E-state index contributed by atoms with van der Waals surface area (Å²) in [4.78, 5) is 25.8. The van der Waals surface area contributed by atoms with Gasteiger partial charge in [0.1, 0.15) is 5.78 Å². The maximum absolute atomic E-state index is 13.4. The number of carbonyl (C=O) groups excluding carboxylic acids is 2.